The van der Waals surface area contributed by atoms with E-state index in [4.69, 9.17) is 15.4 Å². The molecule has 0 spiro atoms. The van der Waals surface area contributed by atoms with E-state index in [1.165, 1.54) is 20.8 Å². The predicted molar refractivity (Wildman–Crippen MR) is 102 cm³/mol. The van der Waals surface area contributed by atoms with E-state index in [2.05, 4.69) is 48.5 Å². The van der Waals surface area contributed by atoms with Crippen LogP contribution in [0.25, 0.3) is 0 Å². The van der Waals surface area contributed by atoms with Gasteiger partial charge in [-0.15, -0.1) is 0 Å². The van der Waals surface area contributed by atoms with E-state index in [1.807, 2.05) is 36.4 Å². The predicted octanol–water partition coefficient (Wildman–Crippen LogP) is 6.78. The number of rotatable bonds is 4. The van der Waals surface area contributed by atoms with Crippen LogP contribution in [-0.4, -0.2) is 7.11 Å². The summed E-state index contributed by atoms with van der Waals surface area (Å²) >= 11 is 1.79. The van der Waals surface area contributed by atoms with E-state index in [0.717, 1.165) is 10.6 Å². The molecule has 0 aliphatic carbocycles. The number of methoxy groups -OCH3 is 1. The number of hydrogen-bond acceptors (Lipinski definition) is 3. The van der Waals surface area contributed by atoms with Crippen molar-refractivity contribution in [2.24, 2.45) is 0 Å². The van der Waals surface area contributed by atoms with Crippen molar-refractivity contribution >= 4 is 33.4 Å². The second-order valence-corrected chi connectivity index (χ2v) is 6.66. The van der Waals surface area contributed by atoms with E-state index in [0.29, 0.717) is 0 Å². The standard InChI is InChI=1S/C12H10S.C7H7ClOS/c1-3-7-11(8-4-1)13-12-9-5-2-6-10-12;1-9-6-4-2-3-5-7(6)10-8/h1-10H;2-5H,1H3. The number of hydrogen-bond donors (Lipinski definition) is 0. The maximum Gasteiger partial charge on any atom is 0.133 e. The summed E-state index contributed by atoms with van der Waals surface area (Å²) in [4.78, 5) is 3.52. The van der Waals surface area contributed by atoms with Gasteiger partial charge >= 0.3 is 0 Å². The molecule has 0 aromatic heterocycles. The highest BCUT2D eigenvalue weighted by molar-refractivity contribution is 8.21. The quantitative estimate of drug-likeness (QED) is 0.507. The van der Waals surface area contributed by atoms with Gasteiger partial charge in [0, 0.05) is 9.79 Å². The lowest BCUT2D eigenvalue weighted by Crippen LogP contribution is -1.82. The Bertz CT molecular complexity index is 630. The van der Waals surface area contributed by atoms with Gasteiger partial charge in [-0.25, -0.2) is 0 Å². The lowest BCUT2D eigenvalue weighted by Gasteiger charge is -2.01. The Labute approximate surface area is 150 Å². The molecule has 0 heterocycles. The molecule has 0 bridgehead atoms. The maximum atomic E-state index is 5.55. The van der Waals surface area contributed by atoms with Crippen molar-refractivity contribution in [2.75, 3.05) is 7.11 Å². The fourth-order valence-electron chi connectivity index (χ4n) is 1.80. The molecule has 3 aromatic rings. The third-order valence-corrected chi connectivity index (χ3v) is 4.89. The minimum absolute atomic E-state index is 0.822. The molecule has 23 heavy (non-hydrogen) atoms. The zero-order valence-electron chi connectivity index (χ0n) is 12.7. The molecule has 0 saturated carbocycles. The van der Waals surface area contributed by atoms with E-state index >= 15 is 0 Å². The minimum Gasteiger partial charge on any atom is -0.496 e. The van der Waals surface area contributed by atoms with Gasteiger partial charge in [-0.2, -0.15) is 0 Å². The first-order valence-electron chi connectivity index (χ1n) is 7.03. The summed E-state index contributed by atoms with van der Waals surface area (Å²) in [6.07, 6.45) is 0. The zero-order chi connectivity index (χ0) is 16.3. The first kappa shape index (κ1) is 17.8. The third kappa shape index (κ3) is 6.22. The summed E-state index contributed by atoms with van der Waals surface area (Å²) in [7, 11) is 8.35. The van der Waals surface area contributed by atoms with Crippen molar-refractivity contribution < 1.29 is 4.74 Å². The summed E-state index contributed by atoms with van der Waals surface area (Å²) in [5, 5.41) is 0. The van der Waals surface area contributed by atoms with Crippen LogP contribution in [0.5, 0.6) is 5.75 Å². The zero-order valence-corrected chi connectivity index (χ0v) is 15.1. The van der Waals surface area contributed by atoms with Gasteiger partial charge in [-0.05, 0) is 58.1 Å². The number of para-hydroxylation sites is 1. The maximum absolute atomic E-state index is 5.55. The molecule has 0 amide bonds. The van der Waals surface area contributed by atoms with Crippen molar-refractivity contribution in [3.05, 3.63) is 84.9 Å². The fourth-order valence-corrected chi connectivity index (χ4v) is 3.39. The molecule has 0 saturated heterocycles. The third-order valence-electron chi connectivity index (χ3n) is 2.87. The highest BCUT2D eigenvalue weighted by Gasteiger charge is 1.98. The summed E-state index contributed by atoms with van der Waals surface area (Å²) in [6.45, 7) is 0. The van der Waals surface area contributed by atoms with Gasteiger partial charge in [0.15, 0.2) is 0 Å². The molecule has 1 nitrogen and oxygen atoms in total. The van der Waals surface area contributed by atoms with Crippen LogP contribution in [0.1, 0.15) is 0 Å². The van der Waals surface area contributed by atoms with Crippen molar-refractivity contribution in [1.29, 1.82) is 0 Å². The molecule has 3 rings (SSSR count). The van der Waals surface area contributed by atoms with E-state index < -0.39 is 0 Å². The molecule has 118 valence electrons. The van der Waals surface area contributed by atoms with E-state index in [1.54, 1.807) is 18.9 Å². The van der Waals surface area contributed by atoms with E-state index in [-0.39, 0.29) is 0 Å². The summed E-state index contributed by atoms with van der Waals surface area (Å²) in [5.41, 5.74) is 0. The van der Waals surface area contributed by atoms with Crippen LogP contribution in [0.2, 0.25) is 0 Å². The van der Waals surface area contributed by atoms with Crippen LogP contribution in [0.4, 0.5) is 0 Å². The van der Waals surface area contributed by atoms with Gasteiger partial charge in [0.2, 0.25) is 0 Å². The monoisotopic (exact) mass is 360 g/mol. The lowest BCUT2D eigenvalue weighted by atomic mass is 10.3. The Morgan fingerprint density at radius 2 is 1.17 bits per heavy atom. The van der Waals surface area contributed by atoms with Crippen molar-refractivity contribution in [1.82, 2.24) is 0 Å². The number of benzene rings is 3. The molecule has 0 fully saturated rings. The van der Waals surface area contributed by atoms with Gasteiger partial charge in [0.1, 0.15) is 5.75 Å². The minimum atomic E-state index is 0.822. The first-order chi connectivity index (χ1) is 11.3. The van der Waals surface area contributed by atoms with Crippen LogP contribution in [0.3, 0.4) is 0 Å². The molecule has 4 heteroatoms. The Balaban J connectivity index is 0.000000174. The average molecular weight is 361 g/mol. The van der Waals surface area contributed by atoms with Gasteiger partial charge in [0.25, 0.3) is 0 Å². The van der Waals surface area contributed by atoms with Crippen molar-refractivity contribution in [3.63, 3.8) is 0 Å². The van der Waals surface area contributed by atoms with Gasteiger partial charge < -0.3 is 4.74 Å². The molecular formula is C19H17ClOS2. The number of halogens is 1. The van der Waals surface area contributed by atoms with Crippen LogP contribution >= 0.6 is 33.4 Å². The SMILES string of the molecule is COc1ccccc1SCl.c1ccc(Sc2ccccc2)cc1. The highest BCUT2D eigenvalue weighted by Crippen LogP contribution is 2.30. The lowest BCUT2D eigenvalue weighted by molar-refractivity contribution is 0.405. The summed E-state index contributed by atoms with van der Waals surface area (Å²) in [5.74, 6) is 0.822. The second kappa shape index (κ2) is 10.3. The molecule has 0 aliphatic rings. The van der Waals surface area contributed by atoms with Crippen molar-refractivity contribution in [3.8, 4) is 5.75 Å². The Kier molecular flexibility index (Phi) is 7.95. The Morgan fingerprint density at radius 1 is 0.696 bits per heavy atom. The topological polar surface area (TPSA) is 9.23 Å². The number of ether oxygens (including phenoxy) is 1. The largest absolute Gasteiger partial charge is 0.496 e. The molecule has 0 radical (unpaired) electrons. The molecule has 0 N–H and O–H groups in total. The smallest absolute Gasteiger partial charge is 0.133 e. The van der Waals surface area contributed by atoms with E-state index in [9.17, 15) is 0 Å². The molecule has 3 aromatic carbocycles. The first-order valence-corrected chi connectivity index (χ1v) is 9.49. The fraction of sp³-hybridized carbons (Fsp3) is 0.0526. The molecular weight excluding hydrogens is 344 g/mol. The van der Waals surface area contributed by atoms with Crippen LogP contribution in [0, 0.1) is 0 Å². The van der Waals surface area contributed by atoms with Gasteiger partial charge in [0.05, 0.1) is 12.0 Å². The molecule has 0 aliphatic heterocycles. The highest BCUT2D eigenvalue weighted by atomic mass is 35.7. The summed E-state index contributed by atoms with van der Waals surface area (Å²) < 4.78 is 5.03. The average Bonchev–Trinajstić information content (AvgIpc) is 2.64. The van der Waals surface area contributed by atoms with Crippen LogP contribution < -0.4 is 4.74 Å². The Hall–Kier alpha value is -1.55. The van der Waals surface area contributed by atoms with Gasteiger partial charge in [-0.3, -0.25) is 0 Å². The molecule has 0 unspecified atom stereocenters. The van der Waals surface area contributed by atoms with Crippen LogP contribution in [0.15, 0.2) is 99.6 Å². The van der Waals surface area contributed by atoms with Gasteiger partial charge in [-0.1, -0.05) is 60.3 Å². The second-order valence-electron chi connectivity index (χ2n) is 4.46. The summed E-state index contributed by atoms with van der Waals surface area (Å²) in [6, 6.07) is 28.4. The Morgan fingerprint density at radius 3 is 1.61 bits per heavy atom. The van der Waals surface area contributed by atoms with Crippen molar-refractivity contribution in [2.45, 2.75) is 14.7 Å². The van der Waals surface area contributed by atoms with Crippen LogP contribution in [-0.2, 0) is 0 Å². The normalized spacial score (nSPS) is 9.65. The molecule has 0 atom stereocenters.